The number of carbonyl (C=O) groups is 1. The second kappa shape index (κ2) is 4.21. The van der Waals surface area contributed by atoms with Crippen LogP contribution in [0.5, 0.6) is 11.5 Å². The van der Waals surface area contributed by atoms with Gasteiger partial charge in [0.1, 0.15) is 5.60 Å². The lowest BCUT2D eigenvalue weighted by molar-refractivity contribution is -0.320. The van der Waals surface area contributed by atoms with Gasteiger partial charge in [-0.3, -0.25) is 0 Å². The maximum absolute atomic E-state index is 10.7. The molecule has 0 aliphatic rings. The Kier molecular flexibility index (Phi) is 3.19. The molecule has 0 aliphatic heterocycles. The van der Waals surface area contributed by atoms with Crippen LogP contribution in [0.4, 0.5) is 0 Å². The monoisotopic (exact) mass is 209 g/mol. The lowest BCUT2D eigenvalue weighted by atomic mass is 10.1. The van der Waals surface area contributed by atoms with Crippen LogP contribution in [0.15, 0.2) is 24.3 Å². The molecule has 1 aromatic rings. The number of carboxylic acids is 1. The molecule has 0 spiro atoms. The molecule has 0 bridgehead atoms. The van der Waals surface area contributed by atoms with Crippen molar-refractivity contribution in [3.8, 4) is 11.5 Å². The van der Waals surface area contributed by atoms with E-state index < -0.39 is 11.6 Å². The van der Waals surface area contributed by atoms with E-state index in [0.717, 1.165) is 0 Å². The standard InChI is InChI=1S/C11H14O4/c1-11(2,10(12)13)15-9-7-5-4-6-8(9)14-3/h4-7H,1-3H3,(H,12,13)/p-1. The maximum atomic E-state index is 10.7. The van der Waals surface area contributed by atoms with Gasteiger partial charge < -0.3 is 19.4 Å². The highest BCUT2D eigenvalue weighted by molar-refractivity contribution is 5.74. The Balaban J connectivity index is 2.94. The van der Waals surface area contributed by atoms with E-state index in [-0.39, 0.29) is 0 Å². The molecule has 82 valence electrons. The predicted molar refractivity (Wildman–Crippen MR) is 52.7 cm³/mol. The van der Waals surface area contributed by atoms with Crippen molar-refractivity contribution in [3.05, 3.63) is 24.3 Å². The Bertz CT molecular complexity index is 357. The zero-order valence-electron chi connectivity index (χ0n) is 8.94. The number of benzene rings is 1. The first-order valence-corrected chi connectivity index (χ1v) is 4.51. The van der Waals surface area contributed by atoms with Crippen LogP contribution in [0, 0.1) is 0 Å². The SMILES string of the molecule is COc1ccccc1OC(C)(C)C(=O)[O-]. The van der Waals surface area contributed by atoms with Crippen molar-refractivity contribution in [1.82, 2.24) is 0 Å². The van der Waals surface area contributed by atoms with Crippen LogP contribution in [0.3, 0.4) is 0 Å². The molecule has 1 aromatic carbocycles. The molecule has 0 aromatic heterocycles. The van der Waals surface area contributed by atoms with E-state index in [1.807, 2.05) is 0 Å². The third kappa shape index (κ3) is 2.62. The van der Waals surface area contributed by atoms with Gasteiger partial charge in [0.2, 0.25) is 0 Å². The van der Waals surface area contributed by atoms with Gasteiger partial charge in [-0.05, 0) is 26.0 Å². The quantitative estimate of drug-likeness (QED) is 0.728. The van der Waals surface area contributed by atoms with Crippen LogP contribution in [0.25, 0.3) is 0 Å². The second-order valence-electron chi connectivity index (χ2n) is 3.55. The lowest BCUT2D eigenvalue weighted by Gasteiger charge is -2.27. The van der Waals surface area contributed by atoms with E-state index in [1.165, 1.54) is 21.0 Å². The summed E-state index contributed by atoms with van der Waals surface area (Å²) >= 11 is 0. The molecule has 0 radical (unpaired) electrons. The van der Waals surface area contributed by atoms with Gasteiger partial charge in [0.15, 0.2) is 11.5 Å². The van der Waals surface area contributed by atoms with Crippen LogP contribution in [0.2, 0.25) is 0 Å². The maximum Gasteiger partial charge on any atom is 0.162 e. The average molecular weight is 209 g/mol. The summed E-state index contributed by atoms with van der Waals surface area (Å²) in [6.07, 6.45) is 0. The molecule has 0 N–H and O–H groups in total. The van der Waals surface area contributed by atoms with Crippen LogP contribution in [0.1, 0.15) is 13.8 Å². The topological polar surface area (TPSA) is 58.6 Å². The zero-order valence-corrected chi connectivity index (χ0v) is 8.94. The summed E-state index contributed by atoms with van der Waals surface area (Å²) in [5, 5.41) is 10.7. The van der Waals surface area contributed by atoms with Crippen LogP contribution in [-0.2, 0) is 4.79 Å². The van der Waals surface area contributed by atoms with E-state index >= 15 is 0 Å². The van der Waals surface area contributed by atoms with Gasteiger partial charge in [-0.1, -0.05) is 12.1 Å². The summed E-state index contributed by atoms with van der Waals surface area (Å²) in [7, 11) is 1.49. The van der Waals surface area contributed by atoms with Gasteiger partial charge in [-0.25, -0.2) is 0 Å². The fourth-order valence-corrected chi connectivity index (χ4v) is 1.02. The fourth-order valence-electron chi connectivity index (χ4n) is 1.02. The third-order valence-electron chi connectivity index (χ3n) is 1.93. The van der Waals surface area contributed by atoms with E-state index in [1.54, 1.807) is 24.3 Å². The molecule has 0 fully saturated rings. The number of hydrogen-bond acceptors (Lipinski definition) is 4. The summed E-state index contributed by atoms with van der Waals surface area (Å²) in [5.41, 5.74) is -1.38. The van der Waals surface area contributed by atoms with E-state index in [0.29, 0.717) is 11.5 Å². The number of methoxy groups -OCH3 is 1. The highest BCUT2D eigenvalue weighted by Gasteiger charge is 2.22. The minimum Gasteiger partial charge on any atom is -0.546 e. The average Bonchev–Trinajstić information content (AvgIpc) is 2.18. The van der Waals surface area contributed by atoms with E-state index in [4.69, 9.17) is 9.47 Å². The first-order chi connectivity index (χ1) is 6.97. The summed E-state index contributed by atoms with van der Waals surface area (Å²) in [6.45, 7) is 2.85. The molecular formula is C11H13O4-. The molecular weight excluding hydrogens is 196 g/mol. The Morgan fingerprint density at radius 3 is 2.27 bits per heavy atom. The second-order valence-corrected chi connectivity index (χ2v) is 3.55. The van der Waals surface area contributed by atoms with Crippen LogP contribution < -0.4 is 14.6 Å². The largest absolute Gasteiger partial charge is 0.546 e. The van der Waals surface area contributed by atoms with Gasteiger partial charge in [0.25, 0.3) is 0 Å². The molecule has 4 heteroatoms. The van der Waals surface area contributed by atoms with Crippen molar-refractivity contribution >= 4 is 5.97 Å². The Labute approximate surface area is 88.4 Å². The number of hydrogen-bond donors (Lipinski definition) is 0. The minimum absolute atomic E-state index is 0.384. The molecule has 15 heavy (non-hydrogen) atoms. The van der Waals surface area contributed by atoms with Crippen molar-refractivity contribution in [1.29, 1.82) is 0 Å². The summed E-state index contributed by atoms with van der Waals surface area (Å²) in [4.78, 5) is 10.7. The van der Waals surface area contributed by atoms with Gasteiger partial charge in [0.05, 0.1) is 13.1 Å². The van der Waals surface area contributed by atoms with E-state index in [2.05, 4.69) is 0 Å². The van der Waals surface area contributed by atoms with Crippen molar-refractivity contribution in [2.45, 2.75) is 19.4 Å². The van der Waals surface area contributed by atoms with Gasteiger partial charge in [0, 0.05) is 0 Å². The van der Waals surface area contributed by atoms with Gasteiger partial charge in [-0.15, -0.1) is 0 Å². The lowest BCUT2D eigenvalue weighted by Crippen LogP contribution is -2.47. The molecule has 4 nitrogen and oxygen atoms in total. The van der Waals surface area contributed by atoms with Crippen molar-refractivity contribution in [2.24, 2.45) is 0 Å². The molecule has 1 rings (SSSR count). The van der Waals surface area contributed by atoms with Gasteiger partial charge in [-0.2, -0.15) is 0 Å². The van der Waals surface area contributed by atoms with Gasteiger partial charge >= 0.3 is 0 Å². The van der Waals surface area contributed by atoms with Crippen molar-refractivity contribution < 1.29 is 19.4 Å². The fraction of sp³-hybridized carbons (Fsp3) is 0.364. The van der Waals surface area contributed by atoms with E-state index in [9.17, 15) is 9.90 Å². The first-order valence-electron chi connectivity index (χ1n) is 4.51. The number of para-hydroxylation sites is 2. The Morgan fingerprint density at radius 2 is 1.80 bits per heavy atom. The zero-order chi connectivity index (χ0) is 11.5. The van der Waals surface area contributed by atoms with Crippen LogP contribution in [-0.4, -0.2) is 18.7 Å². The molecule has 0 saturated carbocycles. The van der Waals surface area contributed by atoms with Crippen molar-refractivity contribution in [2.75, 3.05) is 7.11 Å². The highest BCUT2D eigenvalue weighted by Crippen LogP contribution is 2.29. The number of aliphatic carboxylic acids is 1. The summed E-state index contributed by atoms with van der Waals surface area (Å²) in [6, 6.07) is 6.85. The number of rotatable bonds is 4. The molecule has 0 amide bonds. The number of carbonyl (C=O) groups excluding carboxylic acids is 1. The smallest absolute Gasteiger partial charge is 0.162 e. The first kappa shape index (κ1) is 11.4. The molecule has 0 atom stereocenters. The Morgan fingerprint density at radius 1 is 1.27 bits per heavy atom. The van der Waals surface area contributed by atoms with Crippen LogP contribution >= 0.6 is 0 Å². The summed E-state index contributed by atoms with van der Waals surface area (Å²) in [5.74, 6) is -0.394. The number of ether oxygens (including phenoxy) is 2. The minimum atomic E-state index is -1.38. The van der Waals surface area contributed by atoms with Crippen molar-refractivity contribution in [3.63, 3.8) is 0 Å². The normalized spacial score (nSPS) is 10.9. The molecule has 0 aliphatic carbocycles. The Hall–Kier alpha value is -1.71. The summed E-state index contributed by atoms with van der Waals surface area (Å²) < 4.78 is 10.3. The molecule has 0 unspecified atom stereocenters. The molecule has 0 heterocycles. The highest BCUT2D eigenvalue weighted by atomic mass is 16.5. The molecule has 0 saturated heterocycles. The predicted octanol–water partition coefficient (Wildman–Crippen LogP) is 0.603. The third-order valence-corrected chi connectivity index (χ3v) is 1.93. The number of carboxylic acid groups (broad SMARTS) is 1.